The van der Waals surface area contributed by atoms with Gasteiger partial charge < -0.3 is 0 Å². The molecule has 0 unspecified atom stereocenters. The van der Waals surface area contributed by atoms with E-state index in [1.807, 2.05) is 17.5 Å². The molecule has 1 atom stereocenters. The predicted octanol–water partition coefficient (Wildman–Crippen LogP) is 1.78. The topological polar surface area (TPSA) is 59.8 Å². The van der Waals surface area contributed by atoms with Gasteiger partial charge in [-0.25, -0.2) is 4.68 Å². The Kier molecular flexibility index (Phi) is 2.31. The Labute approximate surface area is 109 Å². The van der Waals surface area contributed by atoms with E-state index in [-0.39, 0.29) is 11.3 Å². The Morgan fingerprint density at radius 3 is 2.61 bits per heavy atom. The molecule has 0 radical (unpaired) electrons. The second kappa shape index (κ2) is 3.65. The number of amides is 1. The van der Waals surface area contributed by atoms with Crippen molar-refractivity contribution < 1.29 is 4.79 Å². The molecule has 94 valence electrons. The molecular weight excluding hydrogens is 248 g/mol. The summed E-state index contributed by atoms with van der Waals surface area (Å²) in [5.41, 5.74) is 2.41. The Morgan fingerprint density at radius 1 is 1.44 bits per heavy atom. The lowest BCUT2D eigenvalue weighted by Gasteiger charge is -2.18. The largest absolute Gasteiger partial charge is 0.272 e. The first-order chi connectivity index (χ1) is 8.56. The lowest BCUT2D eigenvalue weighted by molar-refractivity contribution is -0.120. The van der Waals surface area contributed by atoms with Gasteiger partial charge in [0.2, 0.25) is 0 Å². The first-order valence-electron chi connectivity index (χ1n) is 5.76. The van der Waals surface area contributed by atoms with Crippen molar-refractivity contribution in [3.05, 3.63) is 35.0 Å². The van der Waals surface area contributed by atoms with Gasteiger partial charge in [0.05, 0.1) is 5.41 Å². The number of nitrogens with one attached hydrogen (secondary N) is 1. The molecule has 2 aromatic rings. The minimum absolute atomic E-state index is 0.00402. The molecular formula is C12H14N4OS. The quantitative estimate of drug-likeness (QED) is 0.917. The van der Waals surface area contributed by atoms with Crippen LogP contribution in [0.15, 0.2) is 30.2 Å². The molecule has 0 spiro atoms. The summed E-state index contributed by atoms with van der Waals surface area (Å²) in [4.78, 5) is 13.7. The van der Waals surface area contributed by atoms with E-state index < -0.39 is 5.41 Å². The van der Waals surface area contributed by atoms with Gasteiger partial charge in [0.1, 0.15) is 12.7 Å². The SMILES string of the molecule is CC1(C)C[C@]1(C(=O)Nn1cnnc1)c1cccs1. The van der Waals surface area contributed by atoms with Gasteiger partial charge in [-0.05, 0) is 23.3 Å². The Morgan fingerprint density at radius 2 is 2.11 bits per heavy atom. The van der Waals surface area contributed by atoms with Gasteiger partial charge in [-0.15, -0.1) is 21.5 Å². The summed E-state index contributed by atoms with van der Waals surface area (Å²) in [6.07, 6.45) is 3.83. The van der Waals surface area contributed by atoms with Crippen LogP contribution >= 0.6 is 11.3 Å². The fraction of sp³-hybridized carbons (Fsp3) is 0.417. The van der Waals surface area contributed by atoms with Gasteiger partial charge in [-0.1, -0.05) is 19.9 Å². The lowest BCUT2D eigenvalue weighted by Crippen LogP contribution is -2.35. The van der Waals surface area contributed by atoms with Crippen LogP contribution in [0.1, 0.15) is 25.1 Å². The number of rotatable bonds is 3. The number of hydrogen-bond acceptors (Lipinski definition) is 4. The van der Waals surface area contributed by atoms with Gasteiger partial charge >= 0.3 is 0 Å². The van der Waals surface area contributed by atoms with Crippen molar-refractivity contribution in [3.63, 3.8) is 0 Å². The van der Waals surface area contributed by atoms with E-state index in [2.05, 4.69) is 29.5 Å². The Hall–Kier alpha value is -1.69. The third-order valence-corrected chi connectivity index (χ3v) is 4.75. The highest BCUT2D eigenvalue weighted by Gasteiger charge is 2.67. The molecule has 0 aliphatic heterocycles. The van der Waals surface area contributed by atoms with Crippen LogP contribution in [0.5, 0.6) is 0 Å². The number of carbonyl (C=O) groups is 1. The third kappa shape index (κ3) is 1.49. The van der Waals surface area contributed by atoms with Crippen molar-refractivity contribution >= 4 is 17.2 Å². The molecule has 2 heterocycles. The maximum Gasteiger partial charge on any atom is 0.250 e. The maximum absolute atomic E-state index is 12.5. The van der Waals surface area contributed by atoms with Crippen LogP contribution < -0.4 is 5.43 Å². The van der Waals surface area contributed by atoms with Crippen LogP contribution in [0.3, 0.4) is 0 Å². The van der Waals surface area contributed by atoms with E-state index in [9.17, 15) is 4.79 Å². The van der Waals surface area contributed by atoms with Crippen LogP contribution in [0.4, 0.5) is 0 Å². The molecule has 1 fully saturated rings. The average molecular weight is 262 g/mol. The summed E-state index contributed by atoms with van der Waals surface area (Å²) < 4.78 is 1.49. The van der Waals surface area contributed by atoms with Gasteiger partial charge in [-0.3, -0.25) is 10.2 Å². The fourth-order valence-corrected chi connectivity index (χ4v) is 3.63. The zero-order valence-corrected chi connectivity index (χ0v) is 11.1. The van der Waals surface area contributed by atoms with Crippen LogP contribution in [0.2, 0.25) is 0 Å². The molecule has 1 saturated carbocycles. The number of aromatic nitrogens is 3. The van der Waals surface area contributed by atoms with E-state index in [1.165, 1.54) is 17.3 Å². The van der Waals surface area contributed by atoms with Crippen molar-refractivity contribution in [1.82, 2.24) is 14.9 Å². The van der Waals surface area contributed by atoms with Crippen molar-refractivity contribution in [2.75, 3.05) is 5.43 Å². The first kappa shape index (κ1) is 11.4. The van der Waals surface area contributed by atoms with Crippen LogP contribution in [0.25, 0.3) is 0 Å². The monoisotopic (exact) mass is 262 g/mol. The average Bonchev–Trinajstić information content (AvgIpc) is 2.81. The summed E-state index contributed by atoms with van der Waals surface area (Å²) in [6, 6.07) is 4.02. The number of hydrogen-bond donors (Lipinski definition) is 1. The van der Waals surface area contributed by atoms with Gasteiger partial charge in [-0.2, -0.15) is 0 Å². The molecule has 5 nitrogen and oxygen atoms in total. The second-order valence-electron chi connectivity index (χ2n) is 5.25. The van der Waals surface area contributed by atoms with Gasteiger partial charge in [0.25, 0.3) is 5.91 Å². The molecule has 0 saturated heterocycles. The molecule has 6 heteroatoms. The molecule has 18 heavy (non-hydrogen) atoms. The van der Waals surface area contributed by atoms with Gasteiger partial charge in [0.15, 0.2) is 0 Å². The summed E-state index contributed by atoms with van der Waals surface area (Å²) in [5.74, 6) is 0.00903. The van der Waals surface area contributed by atoms with E-state index in [0.717, 1.165) is 11.3 Å². The van der Waals surface area contributed by atoms with Crippen molar-refractivity contribution in [2.24, 2.45) is 5.41 Å². The highest BCUT2D eigenvalue weighted by molar-refractivity contribution is 7.10. The highest BCUT2D eigenvalue weighted by Crippen LogP contribution is 2.65. The molecule has 1 amide bonds. The first-order valence-corrected chi connectivity index (χ1v) is 6.64. The maximum atomic E-state index is 12.5. The standard InChI is InChI=1S/C12H14N4OS/c1-11(2)6-12(11,9-4-3-5-18-9)10(17)15-16-7-13-14-8-16/h3-5,7-8H,6H2,1-2H3,(H,15,17)/t12-/m1/s1. The predicted molar refractivity (Wildman–Crippen MR) is 68.8 cm³/mol. The number of nitrogens with zero attached hydrogens (tertiary/aromatic N) is 3. The van der Waals surface area contributed by atoms with E-state index in [0.29, 0.717) is 0 Å². The number of thiophene rings is 1. The molecule has 3 rings (SSSR count). The van der Waals surface area contributed by atoms with Crippen molar-refractivity contribution in [1.29, 1.82) is 0 Å². The molecule has 1 aliphatic carbocycles. The van der Waals surface area contributed by atoms with Crippen LogP contribution in [-0.2, 0) is 10.2 Å². The minimum atomic E-state index is -0.411. The van der Waals surface area contributed by atoms with Gasteiger partial charge in [0, 0.05) is 4.88 Å². The molecule has 2 aromatic heterocycles. The second-order valence-corrected chi connectivity index (χ2v) is 6.20. The summed E-state index contributed by atoms with van der Waals surface area (Å²) in [6.45, 7) is 4.25. The van der Waals surface area contributed by atoms with E-state index in [4.69, 9.17) is 0 Å². The summed E-state index contributed by atoms with van der Waals surface area (Å²) in [7, 11) is 0. The third-order valence-electron chi connectivity index (χ3n) is 3.72. The summed E-state index contributed by atoms with van der Waals surface area (Å²) >= 11 is 1.63. The van der Waals surface area contributed by atoms with Crippen molar-refractivity contribution in [2.45, 2.75) is 25.7 Å². The smallest absolute Gasteiger partial charge is 0.250 e. The van der Waals surface area contributed by atoms with E-state index >= 15 is 0 Å². The summed E-state index contributed by atoms with van der Waals surface area (Å²) in [5, 5.41) is 9.37. The molecule has 0 aromatic carbocycles. The highest BCUT2D eigenvalue weighted by atomic mass is 32.1. The van der Waals surface area contributed by atoms with E-state index in [1.54, 1.807) is 11.3 Å². The van der Waals surface area contributed by atoms with Crippen LogP contribution in [0, 0.1) is 5.41 Å². The fourth-order valence-electron chi connectivity index (χ4n) is 2.53. The number of carbonyl (C=O) groups excluding carboxylic acids is 1. The Balaban J connectivity index is 1.91. The molecule has 1 N–H and O–H groups in total. The molecule has 0 bridgehead atoms. The normalized spacial score (nSPS) is 24.8. The zero-order valence-electron chi connectivity index (χ0n) is 10.3. The molecule has 1 aliphatic rings. The Bertz CT molecular complexity index is 561. The minimum Gasteiger partial charge on any atom is -0.272 e. The van der Waals surface area contributed by atoms with Crippen LogP contribution in [-0.4, -0.2) is 20.8 Å². The lowest BCUT2D eigenvalue weighted by atomic mass is 9.93. The van der Waals surface area contributed by atoms with Crippen molar-refractivity contribution in [3.8, 4) is 0 Å². The zero-order chi connectivity index (χ0) is 12.8.